The van der Waals surface area contributed by atoms with Gasteiger partial charge in [0.1, 0.15) is 0 Å². The number of aromatic carboxylic acids is 1. The fraction of sp³-hybridized carbons (Fsp3) is 0.467. The van der Waals surface area contributed by atoms with E-state index in [9.17, 15) is 9.59 Å². The summed E-state index contributed by atoms with van der Waals surface area (Å²) in [6.45, 7) is 0.755. The normalized spacial score (nSPS) is 18.0. The highest BCUT2D eigenvalue weighted by atomic mass is 16.4. The summed E-state index contributed by atoms with van der Waals surface area (Å²) < 4.78 is 0. The largest absolute Gasteiger partial charge is 0.478 e. The number of nitrogens with zero attached hydrogens (tertiary/aromatic N) is 1. The zero-order valence-electron chi connectivity index (χ0n) is 10.8. The van der Waals surface area contributed by atoms with Crippen LogP contribution < -0.4 is 4.90 Å². The van der Waals surface area contributed by atoms with Crippen LogP contribution in [-0.4, -0.2) is 23.5 Å². The number of rotatable bonds is 3. The van der Waals surface area contributed by atoms with Crippen molar-refractivity contribution in [3.63, 3.8) is 0 Å². The second-order valence-corrected chi connectivity index (χ2v) is 5.45. The number of carboxylic acid groups (broad SMARTS) is 1. The van der Waals surface area contributed by atoms with E-state index in [-0.39, 0.29) is 5.91 Å². The zero-order chi connectivity index (χ0) is 13.4. The number of fused-ring (bicyclic) bond motifs is 1. The minimum Gasteiger partial charge on any atom is -0.478 e. The molecule has 0 saturated heterocycles. The van der Waals surface area contributed by atoms with E-state index in [0.717, 1.165) is 30.6 Å². The number of amides is 1. The van der Waals surface area contributed by atoms with Gasteiger partial charge in [-0.05, 0) is 55.4 Å². The van der Waals surface area contributed by atoms with E-state index in [0.29, 0.717) is 17.9 Å². The van der Waals surface area contributed by atoms with Crippen LogP contribution in [0.4, 0.5) is 5.69 Å². The van der Waals surface area contributed by atoms with Gasteiger partial charge in [0.05, 0.1) is 5.56 Å². The summed E-state index contributed by atoms with van der Waals surface area (Å²) in [5, 5.41) is 9.01. The number of hydrogen-bond acceptors (Lipinski definition) is 2. The lowest BCUT2D eigenvalue weighted by molar-refractivity contribution is -0.119. The van der Waals surface area contributed by atoms with Crippen LogP contribution in [0.5, 0.6) is 0 Å². The fourth-order valence-electron chi connectivity index (χ4n) is 2.67. The van der Waals surface area contributed by atoms with Crippen molar-refractivity contribution in [2.45, 2.75) is 32.1 Å². The van der Waals surface area contributed by atoms with Gasteiger partial charge in [-0.2, -0.15) is 0 Å². The minimum absolute atomic E-state index is 0.187. The van der Waals surface area contributed by atoms with Crippen LogP contribution >= 0.6 is 0 Å². The Morgan fingerprint density at radius 1 is 1.32 bits per heavy atom. The van der Waals surface area contributed by atoms with Crippen molar-refractivity contribution in [3.8, 4) is 0 Å². The van der Waals surface area contributed by atoms with Crippen LogP contribution in [0.2, 0.25) is 0 Å². The lowest BCUT2D eigenvalue weighted by atomic mass is 9.98. The van der Waals surface area contributed by atoms with Gasteiger partial charge in [-0.15, -0.1) is 0 Å². The lowest BCUT2D eigenvalue weighted by Gasteiger charge is -2.29. The monoisotopic (exact) mass is 259 g/mol. The maximum Gasteiger partial charge on any atom is 0.335 e. The molecule has 1 aromatic carbocycles. The first kappa shape index (κ1) is 12.2. The summed E-state index contributed by atoms with van der Waals surface area (Å²) in [5.41, 5.74) is 2.19. The molecule has 0 spiro atoms. The van der Waals surface area contributed by atoms with Gasteiger partial charge in [-0.25, -0.2) is 4.79 Å². The van der Waals surface area contributed by atoms with E-state index in [2.05, 4.69) is 0 Å². The Hall–Kier alpha value is -1.84. The molecule has 0 radical (unpaired) electrons. The SMILES string of the molecule is O=C(O)c1ccc2c(c1)CCCN2C(=O)CC1CC1. The van der Waals surface area contributed by atoms with Gasteiger partial charge >= 0.3 is 5.97 Å². The molecule has 0 aromatic heterocycles. The van der Waals surface area contributed by atoms with Crippen LogP contribution in [0, 0.1) is 5.92 Å². The average molecular weight is 259 g/mol. The molecule has 1 N–H and O–H groups in total. The maximum absolute atomic E-state index is 12.2. The number of aryl methyl sites for hydroxylation is 1. The van der Waals surface area contributed by atoms with Crippen molar-refractivity contribution < 1.29 is 14.7 Å². The first-order valence-corrected chi connectivity index (χ1v) is 6.82. The second kappa shape index (κ2) is 4.68. The zero-order valence-corrected chi connectivity index (χ0v) is 10.8. The highest BCUT2D eigenvalue weighted by Crippen LogP contribution is 2.35. The number of hydrogen-bond donors (Lipinski definition) is 1. The van der Waals surface area contributed by atoms with Crippen molar-refractivity contribution in [2.75, 3.05) is 11.4 Å². The van der Waals surface area contributed by atoms with Gasteiger partial charge in [0.25, 0.3) is 0 Å². The molecule has 19 heavy (non-hydrogen) atoms. The summed E-state index contributed by atoms with van der Waals surface area (Å²) in [4.78, 5) is 25.1. The summed E-state index contributed by atoms with van der Waals surface area (Å²) in [6.07, 6.45) is 4.74. The van der Waals surface area contributed by atoms with Crippen LogP contribution in [0.1, 0.15) is 41.6 Å². The molecule has 1 amide bonds. The first-order valence-electron chi connectivity index (χ1n) is 6.82. The van der Waals surface area contributed by atoms with E-state index in [1.165, 1.54) is 12.8 Å². The van der Waals surface area contributed by atoms with Gasteiger partial charge in [0.15, 0.2) is 0 Å². The highest BCUT2D eigenvalue weighted by Gasteiger charge is 2.29. The molecular weight excluding hydrogens is 242 g/mol. The number of carbonyl (C=O) groups is 2. The van der Waals surface area contributed by atoms with Gasteiger partial charge in [0.2, 0.25) is 5.91 Å². The molecule has 3 rings (SSSR count). The molecular formula is C15H17NO3. The fourth-order valence-corrected chi connectivity index (χ4v) is 2.67. The minimum atomic E-state index is -0.913. The molecule has 0 unspecified atom stereocenters. The molecule has 100 valence electrons. The van der Waals surface area contributed by atoms with Crippen LogP contribution in [-0.2, 0) is 11.2 Å². The molecule has 0 bridgehead atoms. The van der Waals surface area contributed by atoms with Crippen molar-refractivity contribution >= 4 is 17.6 Å². The Bertz CT molecular complexity index is 534. The van der Waals surface area contributed by atoms with E-state index >= 15 is 0 Å². The van der Waals surface area contributed by atoms with Gasteiger partial charge in [-0.3, -0.25) is 4.79 Å². The Morgan fingerprint density at radius 3 is 2.79 bits per heavy atom. The number of carbonyl (C=O) groups excluding carboxylic acids is 1. The average Bonchev–Trinajstić information content (AvgIpc) is 3.21. The summed E-state index contributed by atoms with van der Waals surface area (Å²) >= 11 is 0. The quantitative estimate of drug-likeness (QED) is 0.907. The van der Waals surface area contributed by atoms with Crippen LogP contribution in [0.3, 0.4) is 0 Å². The third kappa shape index (κ3) is 2.48. The van der Waals surface area contributed by atoms with E-state index in [4.69, 9.17) is 5.11 Å². The Kier molecular flexibility index (Phi) is 3.01. The van der Waals surface area contributed by atoms with Gasteiger partial charge in [0, 0.05) is 18.7 Å². The third-order valence-corrected chi connectivity index (χ3v) is 3.91. The molecule has 1 fully saturated rings. The standard InChI is InChI=1S/C15H17NO3/c17-14(8-10-3-4-10)16-7-1-2-11-9-12(15(18)19)5-6-13(11)16/h5-6,9-10H,1-4,7-8H2,(H,18,19). The topological polar surface area (TPSA) is 57.6 Å². The summed E-state index contributed by atoms with van der Waals surface area (Å²) in [6, 6.07) is 5.07. The van der Waals surface area contributed by atoms with Gasteiger partial charge in [-0.1, -0.05) is 0 Å². The van der Waals surface area contributed by atoms with Crippen molar-refractivity contribution in [2.24, 2.45) is 5.92 Å². The Balaban J connectivity index is 1.86. The summed E-state index contributed by atoms with van der Waals surface area (Å²) in [7, 11) is 0. The smallest absolute Gasteiger partial charge is 0.335 e. The highest BCUT2D eigenvalue weighted by molar-refractivity contribution is 5.96. The number of anilines is 1. The van der Waals surface area contributed by atoms with Gasteiger partial charge < -0.3 is 10.0 Å². The molecule has 1 aliphatic carbocycles. The predicted octanol–water partition coefficient (Wildman–Crippen LogP) is 2.46. The van der Waals surface area contributed by atoms with Crippen LogP contribution in [0.25, 0.3) is 0 Å². The third-order valence-electron chi connectivity index (χ3n) is 3.91. The molecule has 4 nitrogen and oxygen atoms in total. The molecule has 4 heteroatoms. The Morgan fingerprint density at radius 2 is 2.11 bits per heavy atom. The number of benzene rings is 1. The van der Waals surface area contributed by atoms with Crippen LogP contribution in [0.15, 0.2) is 18.2 Å². The maximum atomic E-state index is 12.2. The predicted molar refractivity (Wildman–Crippen MR) is 71.4 cm³/mol. The molecule has 2 aliphatic rings. The molecule has 1 heterocycles. The second-order valence-electron chi connectivity index (χ2n) is 5.45. The Labute approximate surface area is 112 Å². The molecule has 1 aromatic rings. The van der Waals surface area contributed by atoms with Crippen molar-refractivity contribution in [1.82, 2.24) is 0 Å². The van der Waals surface area contributed by atoms with E-state index in [1.807, 2.05) is 4.90 Å². The number of carboxylic acids is 1. The first-order chi connectivity index (χ1) is 9.15. The molecule has 1 aliphatic heterocycles. The van der Waals surface area contributed by atoms with Crippen molar-refractivity contribution in [3.05, 3.63) is 29.3 Å². The van der Waals surface area contributed by atoms with Crippen molar-refractivity contribution in [1.29, 1.82) is 0 Å². The van der Waals surface area contributed by atoms with E-state index < -0.39 is 5.97 Å². The summed E-state index contributed by atoms with van der Waals surface area (Å²) in [5.74, 6) is -0.146. The molecule has 1 saturated carbocycles. The van der Waals surface area contributed by atoms with E-state index in [1.54, 1.807) is 18.2 Å². The lowest BCUT2D eigenvalue weighted by Crippen LogP contribution is -2.35. The molecule has 0 atom stereocenters.